The van der Waals surface area contributed by atoms with Crippen LogP contribution in [-0.4, -0.2) is 16.9 Å². The lowest BCUT2D eigenvalue weighted by Crippen LogP contribution is -2.11. The lowest BCUT2D eigenvalue weighted by Gasteiger charge is -2.06. The van der Waals surface area contributed by atoms with Crippen LogP contribution in [0.3, 0.4) is 0 Å². The smallest absolute Gasteiger partial charge is 0.134 e. The number of benzene rings is 1. The van der Waals surface area contributed by atoms with Crippen molar-refractivity contribution in [1.82, 2.24) is 9.78 Å². The molecular formula is C15H17N3O2. The summed E-state index contributed by atoms with van der Waals surface area (Å²) >= 11 is 0. The van der Waals surface area contributed by atoms with Gasteiger partial charge in [-0.05, 0) is 25.1 Å². The van der Waals surface area contributed by atoms with Crippen LogP contribution in [0.1, 0.15) is 22.9 Å². The third-order valence-electron chi connectivity index (χ3n) is 3.55. The Kier molecular flexibility index (Phi) is 2.99. The van der Waals surface area contributed by atoms with E-state index < -0.39 is 0 Å². The molecule has 1 aromatic carbocycles. The molecule has 0 amide bonds. The first-order valence-electron chi connectivity index (χ1n) is 6.41. The highest BCUT2D eigenvalue weighted by atomic mass is 16.5. The van der Waals surface area contributed by atoms with Gasteiger partial charge in [0.15, 0.2) is 0 Å². The quantitative estimate of drug-likeness (QED) is 0.795. The molecule has 1 unspecified atom stereocenters. The Morgan fingerprint density at radius 1 is 1.40 bits per heavy atom. The average molecular weight is 271 g/mol. The molecule has 0 fully saturated rings. The molecule has 0 aliphatic heterocycles. The van der Waals surface area contributed by atoms with Crippen molar-refractivity contribution in [2.24, 2.45) is 12.8 Å². The number of nitrogens with two attached hydrogens (primary N) is 1. The van der Waals surface area contributed by atoms with E-state index in [0.29, 0.717) is 0 Å². The highest BCUT2D eigenvalue weighted by Crippen LogP contribution is 2.33. The first-order chi connectivity index (χ1) is 9.60. The Balaban J connectivity index is 2.09. The summed E-state index contributed by atoms with van der Waals surface area (Å²) < 4.78 is 12.9. The van der Waals surface area contributed by atoms with Crippen LogP contribution < -0.4 is 10.5 Å². The van der Waals surface area contributed by atoms with Crippen molar-refractivity contribution in [1.29, 1.82) is 0 Å². The van der Waals surface area contributed by atoms with Gasteiger partial charge in [0.1, 0.15) is 17.1 Å². The van der Waals surface area contributed by atoms with Crippen LogP contribution in [0.5, 0.6) is 5.75 Å². The fraction of sp³-hybridized carbons (Fsp3) is 0.267. The number of fused-ring (bicyclic) bond motifs is 1. The highest BCUT2D eigenvalue weighted by molar-refractivity contribution is 5.83. The van der Waals surface area contributed by atoms with Crippen LogP contribution in [0.15, 0.2) is 35.0 Å². The van der Waals surface area contributed by atoms with E-state index in [2.05, 4.69) is 5.10 Å². The number of methoxy groups -OCH3 is 1. The first-order valence-corrected chi connectivity index (χ1v) is 6.41. The number of nitrogens with zero attached hydrogens (tertiary/aromatic N) is 2. The van der Waals surface area contributed by atoms with Gasteiger partial charge in [0.05, 0.1) is 19.3 Å². The molecule has 2 N–H and O–H groups in total. The van der Waals surface area contributed by atoms with Crippen molar-refractivity contribution in [2.75, 3.05) is 7.11 Å². The second kappa shape index (κ2) is 4.68. The molecular weight excluding hydrogens is 254 g/mol. The van der Waals surface area contributed by atoms with Crippen LogP contribution >= 0.6 is 0 Å². The van der Waals surface area contributed by atoms with Gasteiger partial charge in [-0.25, -0.2) is 0 Å². The molecule has 20 heavy (non-hydrogen) atoms. The van der Waals surface area contributed by atoms with Gasteiger partial charge >= 0.3 is 0 Å². The minimum absolute atomic E-state index is 0.318. The number of rotatable bonds is 3. The Labute approximate surface area is 116 Å². The second-order valence-corrected chi connectivity index (χ2v) is 4.88. The number of ether oxygens (including phenoxy) is 1. The SMILES string of the molecule is COc1ccc2oc(C(N)c3cnn(C)c3)c(C)c2c1. The molecule has 0 spiro atoms. The molecule has 0 aliphatic rings. The van der Waals surface area contributed by atoms with Crippen molar-refractivity contribution in [2.45, 2.75) is 13.0 Å². The Morgan fingerprint density at radius 2 is 2.20 bits per heavy atom. The Hall–Kier alpha value is -2.27. The molecule has 104 valence electrons. The minimum atomic E-state index is -0.318. The Morgan fingerprint density at radius 3 is 2.85 bits per heavy atom. The molecule has 3 aromatic rings. The molecule has 5 heteroatoms. The molecule has 0 radical (unpaired) electrons. The van der Waals surface area contributed by atoms with Crippen LogP contribution in [-0.2, 0) is 7.05 Å². The maximum absolute atomic E-state index is 6.29. The summed E-state index contributed by atoms with van der Waals surface area (Å²) in [7, 11) is 3.52. The fourth-order valence-electron chi connectivity index (χ4n) is 2.39. The summed E-state index contributed by atoms with van der Waals surface area (Å²) in [5.41, 5.74) is 9.07. The summed E-state index contributed by atoms with van der Waals surface area (Å²) in [4.78, 5) is 0. The number of hydrogen-bond donors (Lipinski definition) is 1. The number of hydrogen-bond acceptors (Lipinski definition) is 4. The molecule has 0 bridgehead atoms. The summed E-state index contributed by atoms with van der Waals surface area (Å²) in [6.07, 6.45) is 3.66. The summed E-state index contributed by atoms with van der Waals surface area (Å²) in [5.74, 6) is 1.57. The van der Waals surface area contributed by atoms with Gasteiger partial charge < -0.3 is 14.9 Å². The van der Waals surface area contributed by atoms with Crippen LogP contribution in [0, 0.1) is 6.92 Å². The molecule has 5 nitrogen and oxygen atoms in total. The largest absolute Gasteiger partial charge is 0.497 e. The number of furan rings is 1. The zero-order valence-corrected chi connectivity index (χ0v) is 11.8. The van der Waals surface area contributed by atoms with E-state index in [9.17, 15) is 0 Å². The molecule has 0 aliphatic carbocycles. The zero-order valence-electron chi connectivity index (χ0n) is 11.8. The first kappa shape index (κ1) is 12.7. The topological polar surface area (TPSA) is 66.2 Å². The standard InChI is InChI=1S/C15H17N3O2/c1-9-12-6-11(19-3)4-5-13(12)20-15(9)14(16)10-7-17-18(2)8-10/h4-8,14H,16H2,1-3H3. The summed E-state index contributed by atoms with van der Waals surface area (Å²) in [6, 6.07) is 5.43. The van der Waals surface area contributed by atoms with E-state index in [4.69, 9.17) is 14.9 Å². The predicted molar refractivity (Wildman–Crippen MR) is 76.7 cm³/mol. The van der Waals surface area contributed by atoms with Crippen LogP contribution in [0.25, 0.3) is 11.0 Å². The van der Waals surface area contributed by atoms with E-state index in [0.717, 1.165) is 33.6 Å². The van der Waals surface area contributed by atoms with Crippen molar-refractivity contribution in [3.8, 4) is 5.75 Å². The van der Waals surface area contributed by atoms with Gasteiger partial charge in [0, 0.05) is 29.8 Å². The maximum atomic E-state index is 6.29. The van der Waals surface area contributed by atoms with Crippen molar-refractivity contribution in [3.05, 3.63) is 47.5 Å². The monoisotopic (exact) mass is 271 g/mol. The van der Waals surface area contributed by atoms with Crippen molar-refractivity contribution >= 4 is 11.0 Å². The lowest BCUT2D eigenvalue weighted by molar-refractivity contribution is 0.415. The third-order valence-corrected chi connectivity index (χ3v) is 3.55. The van der Waals surface area contributed by atoms with E-state index in [-0.39, 0.29) is 6.04 Å². The van der Waals surface area contributed by atoms with Crippen LogP contribution in [0.2, 0.25) is 0 Å². The van der Waals surface area contributed by atoms with Gasteiger partial charge in [-0.3, -0.25) is 4.68 Å². The van der Waals surface area contributed by atoms with Gasteiger partial charge in [-0.1, -0.05) is 0 Å². The fourth-order valence-corrected chi connectivity index (χ4v) is 2.39. The number of aryl methyl sites for hydroxylation is 2. The van der Waals surface area contributed by atoms with E-state index in [1.54, 1.807) is 18.0 Å². The van der Waals surface area contributed by atoms with Gasteiger partial charge in [-0.15, -0.1) is 0 Å². The normalized spacial score (nSPS) is 12.8. The molecule has 1 atom stereocenters. The Bertz CT molecular complexity index is 758. The van der Waals surface area contributed by atoms with E-state index >= 15 is 0 Å². The molecule has 2 heterocycles. The second-order valence-electron chi connectivity index (χ2n) is 4.88. The van der Waals surface area contributed by atoms with Gasteiger partial charge in [0.2, 0.25) is 0 Å². The van der Waals surface area contributed by atoms with E-state index in [1.807, 2.05) is 38.4 Å². The third kappa shape index (κ3) is 1.96. The minimum Gasteiger partial charge on any atom is -0.497 e. The summed E-state index contributed by atoms with van der Waals surface area (Å²) in [6.45, 7) is 2.01. The lowest BCUT2D eigenvalue weighted by atomic mass is 10.0. The van der Waals surface area contributed by atoms with Crippen molar-refractivity contribution < 1.29 is 9.15 Å². The van der Waals surface area contributed by atoms with E-state index in [1.165, 1.54) is 0 Å². The predicted octanol–water partition coefficient (Wildman–Crippen LogP) is 2.53. The van der Waals surface area contributed by atoms with Gasteiger partial charge in [-0.2, -0.15) is 5.10 Å². The van der Waals surface area contributed by atoms with Crippen molar-refractivity contribution in [3.63, 3.8) is 0 Å². The average Bonchev–Trinajstić information content (AvgIpc) is 3.02. The number of aromatic nitrogens is 2. The highest BCUT2D eigenvalue weighted by Gasteiger charge is 2.20. The summed E-state index contributed by atoms with van der Waals surface area (Å²) in [5, 5.41) is 5.18. The van der Waals surface area contributed by atoms with Crippen LogP contribution in [0.4, 0.5) is 0 Å². The molecule has 0 saturated carbocycles. The molecule has 2 aromatic heterocycles. The molecule has 0 saturated heterocycles. The molecule has 3 rings (SSSR count). The van der Waals surface area contributed by atoms with Gasteiger partial charge in [0.25, 0.3) is 0 Å². The maximum Gasteiger partial charge on any atom is 0.134 e. The zero-order chi connectivity index (χ0) is 14.3.